The van der Waals surface area contributed by atoms with Gasteiger partial charge in [0.1, 0.15) is 6.42 Å². The molecule has 0 heterocycles. The lowest BCUT2D eigenvalue weighted by atomic mass is 10.1. The van der Waals surface area contributed by atoms with Crippen LogP contribution in [0.1, 0.15) is 40.0 Å². The highest BCUT2D eigenvalue weighted by Gasteiger charge is 2.12. The summed E-state index contributed by atoms with van der Waals surface area (Å²) < 4.78 is 9.56. The lowest BCUT2D eigenvalue weighted by Crippen LogP contribution is -2.16. The third-order valence-corrected chi connectivity index (χ3v) is 1.90. The van der Waals surface area contributed by atoms with Gasteiger partial charge in [0.15, 0.2) is 0 Å². The van der Waals surface area contributed by atoms with E-state index in [-0.39, 0.29) is 6.42 Å². The number of hydrogen-bond donors (Lipinski definition) is 0. The first-order valence-electron chi connectivity index (χ1n) is 5.41. The number of rotatable bonds is 7. The lowest BCUT2D eigenvalue weighted by Gasteiger charge is -2.10. The Hall–Kier alpha value is -1.06. The fourth-order valence-electron chi connectivity index (χ4n) is 1.19. The Morgan fingerprint density at radius 3 is 2.27 bits per heavy atom. The summed E-state index contributed by atoms with van der Waals surface area (Å²) >= 11 is 0. The highest BCUT2D eigenvalue weighted by atomic mass is 16.6. The van der Waals surface area contributed by atoms with Crippen molar-refractivity contribution in [2.24, 2.45) is 5.92 Å². The maximum absolute atomic E-state index is 11.1. The van der Waals surface area contributed by atoms with E-state index in [0.717, 1.165) is 12.8 Å². The number of esters is 2. The van der Waals surface area contributed by atoms with Gasteiger partial charge in [-0.2, -0.15) is 0 Å². The van der Waals surface area contributed by atoms with E-state index in [1.54, 1.807) is 6.92 Å². The van der Waals surface area contributed by atoms with Crippen LogP contribution >= 0.6 is 0 Å². The van der Waals surface area contributed by atoms with Gasteiger partial charge in [-0.3, -0.25) is 9.59 Å². The zero-order valence-corrected chi connectivity index (χ0v) is 9.75. The standard InChI is InChI=1S/C11H20O4/c1-4-6-9(3)8-15-11(13)7-10(12)14-5-2/h9H,4-8H2,1-3H3. The van der Waals surface area contributed by atoms with Crippen LogP contribution in [0.25, 0.3) is 0 Å². The van der Waals surface area contributed by atoms with Crippen LogP contribution in [0.2, 0.25) is 0 Å². The zero-order valence-electron chi connectivity index (χ0n) is 9.75. The number of hydrogen-bond acceptors (Lipinski definition) is 4. The molecule has 0 aliphatic heterocycles. The van der Waals surface area contributed by atoms with Gasteiger partial charge >= 0.3 is 11.9 Å². The molecule has 0 saturated heterocycles. The van der Waals surface area contributed by atoms with Gasteiger partial charge in [-0.25, -0.2) is 0 Å². The maximum Gasteiger partial charge on any atom is 0.317 e. The highest BCUT2D eigenvalue weighted by molar-refractivity contribution is 5.91. The number of ether oxygens (including phenoxy) is 2. The van der Waals surface area contributed by atoms with Crippen LogP contribution in [0.4, 0.5) is 0 Å². The Labute approximate surface area is 90.9 Å². The number of carbonyl (C=O) groups excluding carboxylic acids is 2. The Bertz CT molecular complexity index is 201. The van der Waals surface area contributed by atoms with Crippen molar-refractivity contribution in [3.05, 3.63) is 0 Å². The largest absolute Gasteiger partial charge is 0.466 e. The van der Waals surface area contributed by atoms with E-state index in [4.69, 9.17) is 4.74 Å². The first-order chi connectivity index (χ1) is 7.10. The predicted molar refractivity (Wildman–Crippen MR) is 56.3 cm³/mol. The fourth-order valence-corrected chi connectivity index (χ4v) is 1.19. The minimum Gasteiger partial charge on any atom is -0.466 e. The molecule has 0 spiro atoms. The smallest absolute Gasteiger partial charge is 0.317 e. The van der Waals surface area contributed by atoms with Crippen LogP contribution in [0, 0.1) is 5.92 Å². The number of carbonyl (C=O) groups is 2. The summed E-state index contributed by atoms with van der Waals surface area (Å²) in [7, 11) is 0. The van der Waals surface area contributed by atoms with Gasteiger partial charge < -0.3 is 9.47 Å². The van der Waals surface area contributed by atoms with Gasteiger partial charge in [0.05, 0.1) is 13.2 Å². The van der Waals surface area contributed by atoms with E-state index in [2.05, 4.69) is 11.7 Å². The van der Waals surface area contributed by atoms with E-state index in [1.807, 2.05) is 6.92 Å². The summed E-state index contributed by atoms with van der Waals surface area (Å²) in [5.41, 5.74) is 0. The van der Waals surface area contributed by atoms with Crippen LogP contribution in [-0.4, -0.2) is 25.2 Å². The van der Waals surface area contributed by atoms with Gasteiger partial charge in [-0.05, 0) is 19.3 Å². The minimum atomic E-state index is -0.523. The van der Waals surface area contributed by atoms with Crippen LogP contribution < -0.4 is 0 Å². The second-order valence-electron chi connectivity index (χ2n) is 3.56. The molecule has 0 aromatic heterocycles. The van der Waals surface area contributed by atoms with Gasteiger partial charge in [-0.1, -0.05) is 20.3 Å². The molecule has 0 aromatic carbocycles. The van der Waals surface area contributed by atoms with Crippen molar-refractivity contribution in [3.63, 3.8) is 0 Å². The summed E-state index contributed by atoms with van der Waals surface area (Å²) in [4.78, 5) is 22.0. The van der Waals surface area contributed by atoms with Crippen LogP contribution in [0.3, 0.4) is 0 Å². The van der Waals surface area contributed by atoms with Crippen molar-refractivity contribution >= 4 is 11.9 Å². The normalized spacial score (nSPS) is 11.9. The third-order valence-electron chi connectivity index (χ3n) is 1.90. The summed E-state index contributed by atoms with van der Waals surface area (Å²) in [5.74, 6) is -0.678. The topological polar surface area (TPSA) is 52.6 Å². The SMILES string of the molecule is CCCC(C)COC(=O)CC(=O)OCC. The van der Waals surface area contributed by atoms with Crippen molar-refractivity contribution in [1.29, 1.82) is 0 Å². The van der Waals surface area contributed by atoms with E-state index < -0.39 is 11.9 Å². The van der Waals surface area contributed by atoms with Crippen LogP contribution in [0.5, 0.6) is 0 Å². The Kier molecular flexibility index (Phi) is 7.68. The van der Waals surface area contributed by atoms with Gasteiger partial charge in [-0.15, -0.1) is 0 Å². The third kappa shape index (κ3) is 7.97. The monoisotopic (exact) mass is 216 g/mol. The predicted octanol–water partition coefficient (Wildman–Crippen LogP) is 1.92. The first kappa shape index (κ1) is 13.9. The van der Waals surface area contributed by atoms with E-state index >= 15 is 0 Å². The van der Waals surface area contributed by atoms with Gasteiger partial charge in [0, 0.05) is 0 Å². The zero-order chi connectivity index (χ0) is 11.7. The van der Waals surface area contributed by atoms with Crippen LogP contribution in [0.15, 0.2) is 0 Å². The van der Waals surface area contributed by atoms with Crippen molar-refractivity contribution < 1.29 is 19.1 Å². The van der Waals surface area contributed by atoms with E-state index in [9.17, 15) is 9.59 Å². The molecule has 0 fully saturated rings. The van der Waals surface area contributed by atoms with Crippen molar-refractivity contribution in [2.45, 2.75) is 40.0 Å². The molecule has 0 radical (unpaired) electrons. The Morgan fingerprint density at radius 1 is 1.13 bits per heavy atom. The molecule has 0 saturated carbocycles. The highest BCUT2D eigenvalue weighted by Crippen LogP contribution is 2.05. The summed E-state index contributed by atoms with van der Waals surface area (Å²) in [6.07, 6.45) is 1.80. The fraction of sp³-hybridized carbons (Fsp3) is 0.818. The average molecular weight is 216 g/mol. The summed E-state index contributed by atoms with van der Waals surface area (Å²) in [6, 6.07) is 0. The molecule has 1 unspecified atom stereocenters. The maximum atomic E-state index is 11.1. The molecule has 4 nitrogen and oxygen atoms in total. The molecule has 0 N–H and O–H groups in total. The molecule has 0 aliphatic rings. The second kappa shape index (κ2) is 8.26. The van der Waals surface area contributed by atoms with Gasteiger partial charge in [0.2, 0.25) is 0 Å². The van der Waals surface area contributed by atoms with Crippen LogP contribution in [-0.2, 0) is 19.1 Å². The van der Waals surface area contributed by atoms with Crippen molar-refractivity contribution in [1.82, 2.24) is 0 Å². The molecule has 88 valence electrons. The van der Waals surface area contributed by atoms with E-state index in [1.165, 1.54) is 0 Å². The molecule has 4 heteroatoms. The molecule has 0 aliphatic carbocycles. The lowest BCUT2D eigenvalue weighted by molar-refractivity contribution is -0.154. The summed E-state index contributed by atoms with van der Waals surface area (Å²) in [5, 5.41) is 0. The average Bonchev–Trinajstić information content (AvgIpc) is 2.15. The molecule has 1 atom stereocenters. The second-order valence-corrected chi connectivity index (χ2v) is 3.56. The quantitative estimate of drug-likeness (QED) is 0.482. The Balaban J connectivity index is 3.61. The molecule has 0 aromatic rings. The minimum absolute atomic E-state index is 0.285. The van der Waals surface area contributed by atoms with Gasteiger partial charge in [0.25, 0.3) is 0 Å². The first-order valence-corrected chi connectivity index (χ1v) is 5.41. The van der Waals surface area contributed by atoms with Crippen molar-refractivity contribution in [2.75, 3.05) is 13.2 Å². The molecule has 0 rings (SSSR count). The van der Waals surface area contributed by atoms with Crippen molar-refractivity contribution in [3.8, 4) is 0 Å². The van der Waals surface area contributed by atoms with E-state index in [0.29, 0.717) is 19.1 Å². The summed E-state index contributed by atoms with van der Waals surface area (Å²) in [6.45, 7) is 6.47. The molecule has 0 amide bonds. The molecular formula is C11H20O4. The molecule has 0 bridgehead atoms. The molecular weight excluding hydrogens is 196 g/mol. The molecule has 15 heavy (non-hydrogen) atoms. The Morgan fingerprint density at radius 2 is 1.73 bits per heavy atom.